The molecule has 4 aliphatic rings. The molecule has 0 spiro atoms. The third-order valence-electron chi connectivity index (χ3n) is 8.62. The molecule has 226 valence electrons. The Kier molecular flexibility index (Phi) is 8.53. The lowest BCUT2D eigenvalue weighted by Gasteiger charge is -2.29. The van der Waals surface area contributed by atoms with Crippen LogP contribution in [-0.4, -0.2) is 78.7 Å². The van der Waals surface area contributed by atoms with Gasteiger partial charge in [-0.15, -0.1) is 0 Å². The minimum absolute atomic E-state index is 0.0393. The number of nitrogens with zero attached hydrogens (tertiary/aromatic N) is 3. The quantitative estimate of drug-likeness (QED) is 0.358. The summed E-state index contributed by atoms with van der Waals surface area (Å²) in [6.07, 6.45) is 6.32. The smallest absolute Gasteiger partial charge is 0.255 e. The van der Waals surface area contributed by atoms with E-state index in [1.165, 1.54) is 17.2 Å². The van der Waals surface area contributed by atoms with Gasteiger partial charge in [-0.05, 0) is 90.9 Å². The summed E-state index contributed by atoms with van der Waals surface area (Å²) in [4.78, 5) is 45.1. The molecule has 4 aliphatic heterocycles. The van der Waals surface area contributed by atoms with Crippen LogP contribution in [0.2, 0.25) is 0 Å². The van der Waals surface area contributed by atoms with E-state index in [-0.39, 0.29) is 36.1 Å². The number of fused-ring (bicyclic) bond motifs is 1. The van der Waals surface area contributed by atoms with Crippen molar-refractivity contribution in [2.75, 3.05) is 32.8 Å². The lowest BCUT2D eigenvalue weighted by molar-refractivity contribution is -0.136. The maximum Gasteiger partial charge on any atom is 0.255 e. The van der Waals surface area contributed by atoms with Crippen LogP contribution in [0.5, 0.6) is 5.75 Å². The van der Waals surface area contributed by atoms with E-state index in [9.17, 15) is 18.8 Å². The van der Waals surface area contributed by atoms with Crippen LogP contribution in [-0.2, 0) is 20.9 Å². The average molecular weight is 590 g/mol. The van der Waals surface area contributed by atoms with E-state index in [1.54, 1.807) is 24.4 Å². The molecule has 43 heavy (non-hydrogen) atoms. The number of imide groups is 1. The van der Waals surface area contributed by atoms with Crippen molar-refractivity contribution < 1.29 is 28.2 Å². The lowest BCUT2D eigenvalue weighted by atomic mass is 9.91. The van der Waals surface area contributed by atoms with E-state index < -0.39 is 11.9 Å². The van der Waals surface area contributed by atoms with E-state index >= 15 is 0 Å². The van der Waals surface area contributed by atoms with Crippen LogP contribution in [0.15, 0.2) is 53.2 Å². The maximum absolute atomic E-state index is 14.4. The highest BCUT2D eigenvalue weighted by atomic mass is 19.1. The van der Waals surface area contributed by atoms with E-state index in [0.29, 0.717) is 56.3 Å². The minimum atomic E-state index is -0.645. The second-order valence-electron chi connectivity index (χ2n) is 11.6. The second kappa shape index (κ2) is 12.6. The Labute approximate surface area is 249 Å². The predicted octanol–water partition coefficient (Wildman–Crippen LogP) is 3.18. The number of amides is 3. The largest absolute Gasteiger partial charge is 0.489 e. The highest BCUT2D eigenvalue weighted by molar-refractivity contribution is 6.05. The molecule has 6 rings (SSSR count). The second-order valence-corrected chi connectivity index (χ2v) is 11.6. The molecule has 3 N–H and O–H groups in total. The molecule has 4 heterocycles. The summed E-state index contributed by atoms with van der Waals surface area (Å²) in [5.74, 6) is -0.283. The molecule has 0 aromatic heterocycles. The number of hydrogen-bond acceptors (Lipinski definition) is 8. The van der Waals surface area contributed by atoms with Gasteiger partial charge in [0, 0.05) is 57.6 Å². The van der Waals surface area contributed by atoms with Gasteiger partial charge in [0.05, 0.1) is 5.69 Å². The third kappa shape index (κ3) is 6.62. The fourth-order valence-corrected chi connectivity index (χ4v) is 6.34. The molecule has 0 bridgehead atoms. The van der Waals surface area contributed by atoms with Crippen LogP contribution in [0.3, 0.4) is 0 Å². The number of hydrogen-bond donors (Lipinski definition) is 2. The predicted molar refractivity (Wildman–Crippen MR) is 158 cm³/mol. The Morgan fingerprint density at radius 2 is 1.95 bits per heavy atom. The molecule has 0 radical (unpaired) electrons. The molecule has 1 unspecified atom stereocenters. The first-order valence-corrected chi connectivity index (χ1v) is 14.9. The Hall–Kier alpha value is -4.09. The van der Waals surface area contributed by atoms with Gasteiger partial charge in [-0.25, -0.2) is 4.39 Å². The summed E-state index contributed by atoms with van der Waals surface area (Å²) in [5, 5.41) is 2.33. The Balaban J connectivity index is 1.03. The van der Waals surface area contributed by atoms with Crippen molar-refractivity contribution >= 4 is 29.6 Å². The summed E-state index contributed by atoms with van der Waals surface area (Å²) in [5.41, 5.74) is 9.62. The maximum atomic E-state index is 14.4. The van der Waals surface area contributed by atoms with Gasteiger partial charge < -0.3 is 20.1 Å². The van der Waals surface area contributed by atoms with Crippen LogP contribution >= 0.6 is 0 Å². The topological polar surface area (TPSA) is 127 Å². The number of nitrogens with one attached hydrogen (secondary N) is 1. The van der Waals surface area contributed by atoms with Gasteiger partial charge in [-0.1, -0.05) is 0 Å². The molecule has 11 heteroatoms. The normalized spacial score (nSPS) is 23.7. The number of halogens is 1. The van der Waals surface area contributed by atoms with Crippen molar-refractivity contribution in [2.45, 2.75) is 56.7 Å². The zero-order valence-electron chi connectivity index (χ0n) is 24.0. The highest BCUT2D eigenvalue weighted by Gasteiger charge is 2.39. The zero-order valence-corrected chi connectivity index (χ0v) is 24.0. The standard InChI is InChI=1S/C32H36FN5O5/c33-24-11-22(21-6-9-42-10-7-21)12-25(14-24)35-16-20(15-34)17-37-8-5-27(19-37)43-26-1-2-28-23(13-26)18-38(32(28)41)29-3-4-30(39)36-31(29)40/h1-2,11-16,21,27,29H,3-10,17-19,34H2,(H,36,39,40)/b20-15+,35-16?/t27-,29?/m0/s1. The number of nitrogens with two attached hydrogens (primary N) is 1. The average Bonchev–Trinajstić information content (AvgIpc) is 3.58. The van der Waals surface area contributed by atoms with Gasteiger partial charge >= 0.3 is 0 Å². The zero-order chi connectivity index (χ0) is 29.9. The van der Waals surface area contributed by atoms with Gasteiger partial charge in [-0.3, -0.25) is 29.6 Å². The van der Waals surface area contributed by atoms with Crippen LogP contribution < -0.4 is 15.8 Å². The number of piperidine rings is 1. The van der Waals surface area contributed by atoms with Gasteiger partial charge in [0.1, 0.15) is 23.7 Å². The van der Waals surface area contributed by atoms with Crippen molar-refractivity contribution in [2.24, 2.45) is 10.7 Å². The van der Waals surface area contributed by atoms with Crippen LogP contribution in [0.1, 0.15) is 59.5 Å². The monoisotopic (exact) mass is 589 g/mol. The lowest BCUT2D eigenvalue weighted by Crippen LogP contribution is -2.52. The molecule has 10 nitrogen and oxygen atoms in total. The van der Waals surface area contributed by atoms with Crippen molar-refractivity contribution in [3.63, 3.8) is 0 Å². The van der Waals surface area contributed by atoms with E-state index in [0.717, 1.165) is 42.5 Å². The summed E-state index contributed by atoms with van der Waals surface area (Å²) in [6, 6.07) is 9.72. The molecular weight excluding hydrogens is 553 g/mol. The number of rotatable bonds is 8. The van der Waals surface area contributed by atoms with Gasteiger partial charge in [0.2, 0.25) is 11.8 Å². The number of likely N-dealkylation sites (tertiary alicyclic amines) is 1. The molecular formula is C32H36FN5O5. The molecule has 3 amide bonds. The Morgan fingerprint density at radius 3 is 2.74 bits per heavy atom. The number of aliphatic imine (C=N–C) groups is 1. The molecule has 0 saturated carbocycles. The summed E-state index contributed by atoms with van der Waals surface area (Å²) < 4.78 is 26.1. The summed E-state index contributed by atoms with van der Waals surface area (Å²) >= 11 is 0. The molecule has 2 aromatic carbocycles. The fraction of sp³-hybridized carbons (Fsp3) is 0.438. The number of carbonyl (C=O) groups is 3. The SMILES string of the molecule is N/C=C(\C=Nc1cc(F)cc(C2CCOCC2)c1)CN1CC[C@H](Oc2ccc3c(c2)CN(C2CCC(=O)NC2=O)C3=O)C1. The molecule has 2 aromatic rings. The number of benzene rings is 2. The molecule has 2 atom stereocenters. The fourth-order valence-electron chi connectivity index (χ4n) is 6.34. The van der Waals surface area contributed by atoms with Gasteiger partial charge in [0.25, 0.3) is 5.91 Å². The van der Waals surface area contributed by atoms with E-state index in [1.807, 2.05) is 12.1 Å². The molecule has 3 fully saturated rings. The molecule has 0 aliphatic carbocycles. The first-order valence-electron chi connectivity index (χ1n) is 14.9. The first-order chi connectivity index (χ1) is 20.9. The van der Waals surface area contributed by atoms with Crippen LogP contribution in [0, 0.1) is 5.82 Å². The van der Waals surface area contributed by atoms with Gasteiger partial charge in [0.15, 0.2) is 0 Å². The van der Waals surface area contributed by atoms with E-state index in [2.05, 4.69) is 15.2 Å². The summed E-state index contributed by atoms with van der Waals surface area (Å²) in [7, 11) is 0. The van der Waals surface area contributed by atoms with Crippen molar-refractivity contribution in [1.82, 2.24) is 15.1 Å². The Bertz CT molecular complexity index is 1470. The van der Waals surface area contributed by atoms with Crippen molar-refractivity contribution in [1.29, 1.82) is 0 Å². The summed E-state index contributed by atoms with van der Waals surface area (Å²) in [6.45, 7) is 3.78. The third-order valence-corrected chi connectivity index (χ3v) is 8.62. The number of carbonyl (C=O) groups excluding carboxylic acids is 3. The Morgan fingerprint density at radius 1 is 1.12 bits per heavy atom. The van der Waals surface area contributed by atoms with Crippen LogP contribution in [0.4, 0.5) is 10.1 Å². The highest BCUT2D eigenvalue weighted by Crippen LogP contribution is 2.32. The van der Waals surface area contributed by atoms with Gasteiger partial charge in [-0.2, -0.15) is 0 Å². The van der Waals surface area contributed by atoms with E-state index in [4.69, 9.17) is 15.2 Å². The van der Waals surface area contributed by atoms with Crippen molar-refractivity contribution in [3.8, 4) is 5.75 Å². The van der Waals surface area contributed by atoms with Crippen LogP contribution in [0.25, 0.3) is 0 Å². The first kappa shape index (κ1) is 29.0. The minimum Gasteiger partial charge on any atom is -0.489 e. The number of ether oxygens (including phenoxy) is 2. The molecule has 3 saturated heterocycles. The van der Waals surface area contributed by atoms with Crippen molar-refractivity contribution in [3.05, 3.63) is 70.7 Å².